The van der Waals surface area contributed by atoms with E-state index in [1.807, 2.05) is 0 Å². The van der Waals surface area contributed by atoms with E-state index in [1.165, 1.54) is 96.8 Å². The molecule has 13 heteroatoms. The van der Waals surface area contributed by atoms with Crippen LogP contribution in [0.25, 0.3) is 0 Å². The summed E-state index contributed by atoms with van der Waals surface area (Å²) in [6.45, 7) is 3.41. The molecule has 0 aliphatic rings. The second-order valence-corrected chi connectivity index (χ2v) is 16.9. The van der Waals surface area contributed by atoms with E-state index in [0.717, 1.165) is 51.4 Å². The highest BCUT2D eigenvalue weighted by atomic mass is 31.2. The molecule has 0 saturated heterocycles. The average Bonchev–Trinajstić information content (AvgIpc) is 3.13. The number of carbonyl (C=O) groups excluding carboxylic acids is 2. The SMILES string of the molecule is CCCCCCCCCCCCCCCC(=O)C(C(=O)O)(C(=O)CCCCCCCCCCCCCCC)N(CC)C(C(=O)O)P(=O)(O)OC[C@H](O)CO. The molecule has 0 amide bonds. The van der Waals surface area contributed by atoms with E-state index in [2.05, 4.69) is 13.8 Å². The number of rotatable bonds is 40. The van der Waals surface area contributed by atoms with Gasteiger partial charge in [-0.25, -0.2) is 9.59 Å². The van der Waals surface area contributed by atoms with Gasteiger partial charge in [0.2, 0.25) is 11.3 Å². The monoisotopic (exact) mass is 792 g/mol. The van der Waals surface area contributed by atoms with Crippen LogP contribution in [-0.2, 0) is 28.3 Å². The predicted octanol–water partition coefficient (Wildman–Crippen LogP) is 9.20. The lowest BCUT2D eigenvalue weighted by atomic mass is 9.81. The van der Waals surface area contributed by atoms with Crippen LogP contribution in [0, 0.1) is 0 Å². The van der Waals surface area contributed by atoms with E-state index < -0.39 is 68.3 Å². The van der Waals surface area contributed by atoms with E-state index >= 15 is 0 Å². The number of hydrogen-bond acceptors (Lipinski definition) is 9. The third-order valence-corrected chi connectivity index (χ3v) is 12.0. The van der Waals surface area contributed by atoms with Crippen LogP contribution < -0.4 is 0 Å². The van der Waals surface area contributed by atoms with Gasteiger partial charge in [-0.15, -0.1) is 0 Å². The summed E-state index contributed by atoms with van der Waals surface area (Å²) in [5.74, 6) is -8.52. The van der Waals surface area contributed by atoms with E-state index in [0.29, 0.717) is 17.7 Å². The maximum atomic E-state index is 14.0. The van der Waals surface area contributed by atoms with Crippen LogP contribution in [0.2, 0.25) is 0 Å². The van der Waals surface area contributed by atoms with Crippen LogP contribution in [0.15, 0.2) is 0 Å². The minimum Gasteiger partial charge on any atom is -0.480 e. The standard InChI is InChI=1S/C41H78NO11P/c1-4-7-9-11-13-15-17-19-21-23-25-27-29-31-36(45)41(40(49)50,42(6-3)38(39(47)48)54(51,52)53-34-35(44)33-43)37(46)32-30-28-26-24-22-20-18-16-14-12-10-8-5-2/h35,38,43-44H,4-34H2,1-3H3,(H,47,48)(H,49,50)(H,51,52)/t35-,38?/m1/s1. The molecule has 5 N–H and O–H groups in total. The number of carbonyl (C=O) groups is 4. The molecular weight excluding hydrogens is 713 g/mol. The quantitative estimate of drug-likeness (QED) is 0.0224. The number of likely N-dealkylation sites (N-methyl/N-ethyl adjacent to an activating group) is 1. The van der Waals surface area contributed by atoms with Gasteiger partial charge < -0.3 is 29.8 Å². The highest BCUT2D eigenvalue weighted by molar-refractivity contribution is 7.54. The summed E-state index contributed by atoms with van der Waals surface area (Å²) in [6, 6.07) is 0. The third kappa shape index (κ3) is 21.0. The lowest BCUT2D eigenvalue weighted by molar-refractivity contribution is -0.166. The largest absolute Gasteiger partial charge is 0.480 e. The summed E-state index contributed by atoms with van der Waals surface area (Å²) in [4.78, 5) is 65.1. The van der Waals surface area contributed by atoms with E-state index in [9.17, 15) is 44.0 Å². The molecule has 2 unspecified atom stereocenters. The lowest BCUT2D eigenvalue weighted by Gasteiger charge is -2.41. The van der Waals surface area contributed by atoms with Gasteiger partial charge in [0, 0.05) is 12.8 Å². The normalized spacial score (nSPS) is 14.2. The Morgan fingerprint density at radius 3 is 1.17 bits per heavy atom. The Hall–Kier alpha value is -1.69. The molecule has 0 bridgehead atoms. The summed E-state index contributed by atoms with van der Waals surface area (Å²) in [5.41, 5.74) is -3.02. The molecule has 12 nitrogen and oxygen atoms in total. The topological polar surface area (TPSA) is 199 Å². The van der Waals surface area contributed by atoms with Crippen molar-refractivity contribution in [2.45, 2.75) is 218 Å². The minimum absolute atomic E-state index is 0.280. The number of unbranched alkanes of at least 4 members (excludes halogenated alkanes) is 24. The fourth-order valence-electron chi connectivity index (χ4n) is 7.16. The van der Waals surface area contributed by atoms with Gasteiger partial charge >= 0.3 is 19.5 Å². The second-order valence-electron chi connectivity index (χ2n) is 15.0. The number of carboxylic acids is 2. The summed E-state index contributed by atoms with van der Waals surface area (Å²) < 4.78 is 18.2. The Morgan fingerprint density at radius 2 is 0.907 bits per heavy atom. The number of carboxylic acid groups (broad SMARTS) is 2. The Kier molecular flexibility index (Phi) is 31.4. The van der Waals surface area contributed by atoms with Crippen molar-refractivity contribution < 1.29 is 53.6 Å². The molecule has 0 saturated carbocycles. The molecule has 318 valence electrons. The predicted molar refractivity (Wildman–Crippen MR) is 214 cm³/mol. The Bertz CT molecular complexity index is 1010. The Balaban J connectivity index is 5.62. The molecule has 0 aliphatic carbocycles. The summed E-state index contributed by atoms with van der Waals surface area (Å²) in [7, 11) is -5.35. The molecule has 0 aliphatic heterocycles. The molecule has 0 radical (unpaired) electrons. The van der Waals surface area contributed by atoms with Crippen LogP contribution in [-0.4, -0.2) is 90.9 Å². The number of aliphatic hydroxyl groups excluding tert-OH is 2. The van der Waals surface area contributed by atoms with Crippen molar-refractivity contribution in [3.8, 4) is 0 Å². The van der Waals surface area contributed by atoms with Crippen LogP contribution >= 0.6 is 7.60 Å². The summed E-state index contributed by atoms with van der Waals surface area (Å²) >= 11 is 0. The molecule has 0 heterocycles. The van der Waals surface area contributed by atoms with Crippen molar-refractivity contribution in [3.63, 3.8) is 0 Å². The molecule has 0 aromatic rings. The maximum absolute atomic E-state index is 14.0. The minimum atomic E-state index is -5.35. The van der Waals surface area contributed by atoms with Crippen LogP contribution in [0.3, 0.4) is 0 Å². The zero-order valence-electron chi connectivity index (χ0n) is 34.2. The Labute approximate surface area is 326 Å². The first kappa shape index (κ1) is 52.3. The number of ketones is 2. The third-order valence-electron chi connectivity index (χ3n) is 10.4. The number of nitrogens with zero attached hydrogens (tertiary/aromatic N) is 1. The molecular formula is C41H78NO11P. The highest BCUT2D eigenvalue weighted by Gasteiger charge is 2.62. The number of hydrogen-bond donors (Lipinski definition) is 5. The average molecular weight is 792 g/mol. The number of Topliss-reactive ketones (excluding diaryl/α,β-unsaturated/α-hetero) is 2. The first-order valence-electron chi connectivity index (χ1n) is 21.4. The maximum Gasteiger partial charge on any atom is 0.356 e. The van der Waals surface area contributed by atoms with Crippen molar-refractivity contribution in [1.82, 2.24) is 4.90 Å². The van der Waals surface area contributed by atoms with Gasteiger partial charge in [0.1, 0.15) is 6.10 Å². The molecule has 0 aromatic carbocycles. The van der Waals surface area contributed by atoms with Crippen molar-refractivity contribution in [3.05, 3.63) is 0 Å². The first-order valence-corrected chi connectivity index (χ1v) is 23.1. The van der Waals surface area contributed by atoms with Gasteiger partial charge in [0.25, 0.3) is 0 Å². The zero-order valence-corrected chi connectivity index (χ0v) is 35.0. The van der Waals surface area contributed by atoms with Crippen molar-refractivity contribution in [1.29, 1.82) is 0 Å². The highest BCUT2D eigenvalue weighted by Crippen LogP contribution is 2.51. The molecule has 0 fully saturated rings. The van der Waals surface area contributed by atoms with Gasteiger partial charge in [-0.3, -0.25) is 19.1 Å². The fourth-order valence-corrected chi connectivity index (χ4v) is 8.66. The van der Waals surface area contributed by atoms with Crippen molar-refractivity contribution in [2.75, 3.05) is 19.8 Å². The molecule has 0 rings (SSSR count). The van der Waals surface area contributed by atoms with Crippen LogP contribution in [0.4, 0.5) is 0 Å². The van der Waals surface area contributed by atoms with Crippen LogP contribution in [0.5, 0.6) is 0 Å². The van der Waals surface area contributed by atoms with E-state index in [1.54, 1.807) is 0 Å². The van der Waals surface area contributed by atoms with Crippen molar-refractivity contribution in [2.24, 2.45) is 0 Å². The second kappa shape index (κ2) is 32.4. The molecule has 0 spiro atoms. The van der Waals surface area contributed by atoms with Gasteiger partial charge in [0.05, 0.1) is 13.2 Å². The number of aliphatic hydroxyl groups is 2. The van der Waals surface area contributed by atoms with Gasteiger partial charge in [-0.1, -0.05) is 175 Å². The van der Waals surface area contributed by atoms with Gasteiger partial charge in [-0.05, 0) is 19.4 Å². The Morgan fingerprint density at radius 1 is 0.593 bits per heavy atom. The van der Waals surface area contributed by atoms with Crippen molar-refractivity contribution >= 4 is 31.1 Å². The number of aliphatic carboxylic acids is 2. The zero-order chi connectivity index (χ0) is 40.7. The fraction of sp³-hybridized carbons (Fsp3) is 0.902. The smallest absolute Gasteiger partial charge is 0.356 e. The molecule has 54 heavy (non-hydrogen) atoms. The van der Waals surface area contributed by atoms with E-state index in [4.69, 9.17) is 9.63 Å². The molecule has 3 atom stereocenters. The summed E-state index contributed by atoms with van der Waals surface area (Å²) in [5, 5.41) is 39.6. The van der Waals surface area contributed by atoms with E-state index in [-0.39, 0.29) is 25.7 Å². The molecule has 0 aromatic heterocycles. The summed E-state index contributed by atoms with van der Waals surface area (Å²) in [6.07, 6.45) is 24.9. The van der Waals surface area contributed by atoms with Crippen LogP contribution in [0.1, 0.15) is 201 Å². The van der Waals surface area contributed by atoms with Gasteiger partial charge in [-0.2, -0.15) is 0 Å². The van der Waals surface area contributed by atoms with Gasteiger partial charge in [0.15, 0.2) is 11.6 Å². The lowest BCUT2D eigenvalue weighted by Crippen LogP contribution is -2.68. The first-order chi connectivity index (χ1) is 25.9.